The van der Waals surface area contributed by atoms with Crippen molar-refractivity contribution in [3.05, 3.63) is 59.3 Å². The standard InChI is InChI=1S/C18H17FN6/c19-16-9-13(11-20)4-5-17(16)25-8-6-18(23-25)21-12-14-10-15-3-1-2-7-24(15)22-14/h4-6,8-10H,1-3,7,12H2,(H,21,23). The Balaban J connectivity index is 1.46. The maximum Gasteiger partial charge on any atom is 0.150 e. The molecule has 0 fully saturated rings. The molecule has 126 valence electrons. The topological polar surface area (TPSA) is 71.5 Å². The highest BCUT2D eigenvalue weighted by atomic mass is 19.1. The average molecular weight is 336 g/mol. The average Bonchev–Trinajstić information content (AvgIpc) is 3.26. The molecule has 0 saturated carbocycles. The van der Waals surface area contributed by atoms with Crippen molar-refractivity contribution < 1.29 is 4.39 Å². The number of anilines is 1. The van der Waals surface area contributed by atoms with Gasteiger partial charge in [0.05, 0.1) is 23.9 Å². The van der Waals surface area contributed by atoms with Crippen molar-refractivity contribution in [2.24, 2.45) is 0 Å². The van der Waals surface area contributed by atoms with Crippen molar-refractivity contribution in [3.8, 4) is 11.8 Å². The van der Waals surface area contributed by atoms with E-state index in [1.165, 1.54) is 29.3 Å². The second kappa shape index (κ2) is 6.40. The molecule has 0 bridgehead atoms. The smallest absolute Gasteiger partial charge is 0.150 e. The van der Waals surface area contributed by atoms with E-state index in [1.807, 2.05) is 6.07 Å². The molecular formula is C18H17FN6. The van der Waals surface area contributed by atoms with Gasteiger partial charge in [0.1, 0.15) is 17.3 Å². The van der Waals surface area contributed by atoms with Crippen LogP contribution in [0.4, 0.5) is 10.2 Å². The zero-order chi connectivity index (χ0) is 17.2. The Hall–Kier alpha value is -3.14. The molecule has 1 N–H and O–H groups in total. The van der Waals surface area contributed by atoms with Crippen LogP contribution in [0, 0.1) is 17.1 Å². The van der Waals surface area contributed by atoms with Gasteiger partial charge in [-0.25, -0.2) is 9.07 Å². The van der Waals surface area contributed by atoms with Gasteiger partial charge in [-0.2, -0.15) is 15.5 Å². The first-order chi connectivity index (χ1) is 12.2. The largest absolute Gasteiger partial charge is 0.363 e. The Kier molecular flexibility index (Phi) is 3.94. The summed E-state index contributed by atoms with van der Waals surface area (Å²) in [7, 11) is 0. The summed E-state index contributed by atoms with van der Waals surface area (Å²) in [5.41, 5.74) is 2.87. The molecule has 25 heavy (non-hydrogen) atoms. The van der Waals surface area contributed by atoms with Gasteiger partial charge in [0.25, 0.3) is 0 Å². The summed E-state index contributed by atoms with van der Waals surface area (Å²) in [4.78, 5) is 0. The quantitative estimate of drug-likeness (QED) is 0.795. The minimum Gasteiger partial charge on any atom is -0.363 e. The van der Waals surface area contributed by atoms with Gasteiger partial charge in [-0.05, 0) is 43.5 Å². The number of fused-ring (bicyclic) bond motifs is 1. The molecule has 7 heteroatoms. The number of halogens is 1. The SMILES string of the molecule is N#Cc1ccc(-n2ccc(NCc3cc4n(n3)CCCC4)n2)c(F)c1. The van der Waals surface area contributed by atoms with Crippen LogP contribution in [-0.4, -0.2) is 19.6 Å². The van der Waals surface area contributed by atoms with E-state index >= 15 is 0 Å². The fraction of sp³-hybridized carbons (Fsp3) is 0.278. The second-order valence-corrected chi connectivity index (χ2v) is 6.08. The molecule has 1 aliphatic heterocycles. The monoisotopic (exact) mass is 336 g/mol. The van der Waals surface area contributed by atoms with Crippen LogP contribution in [-0.2, 0) is 19.5 Å². The molecule has 0 spiro atoms. The van der Waals surface area contributed by atoms with E-state index in [0.29, 0.717) is 18.1 Å². The van der Waals surface area contributed by atoms with Gasteiger partial charge < -0.3 is 5.32 Å². The van der Waals surface area contributed by atoms with Crippen LogP contribution in [0.1, 0.15) is 29.8 Å². The second-order valence-electron chi connectivity index (χ2n) is 6.08. The number of aromatic nitrogens is 4. The molecule has 3 aromatic rings. The summed E-state index contributed by atoms with van der Waals surface area (Å²) in [5, 5.41) is 21.0. The van der Waals surface area contributed by atoms with E-state index in [4.69, 9.17) is 5.26 Å². The third-order valence-electron chi connectivity index (χ3n) is 4.33. The van der Waals surface area contributed by atoms with Crippen LogP contribution in [0.2, 0.25) is 0 Å². The third kappa shape index (κ3) is 3.11. The highest BCUT2D eigenvalue weighted by molar-refractivity contribution is 5.42. The van der Waals surface area contributed by atoms with Crippen molar-refractivity contribution in [1.29, 1.82) is 5.26 Å². The van der Waals surface area contributed by atoms with Crippen LogP contribution in [0.25, 0.3) is 5.69 Å². The highest BCUT2D eigenvalue weighted by Crippen LogP contribution is 2.18. The molecule has 0 saturated heterocycles. The molecule has 1 aliphatic rings. The lowest BCUT2D eigenvalue weighted by molar-refractivity contribution is 0.484. The van der Waals surface area contributed by atoms with Crippen LogP contribution in [0.3, 0.4) is 0 Å². The summed E-state index contributed by atoms with van der Waals surface area (Å²) in [5.74, 6) is 0.171. The Morgan fingerprint density at radius 3 is 2.92 bits per heavy atom. The Bertz CT molecular complexity index is 925. The zero-order valence-electron chi connectivity index (χ0n) is 13.6. The molecule has 1 aromatic carbocycles. The summed E-state index contributed by atoms with van der Waals surface area (Å²) < 4.78 is 17.6. The number of nitriles is 1. The number of hydrogen-bond acceptors (Lipinski definition) is 4. The van der Waals surface area contributed by atoms with Crippen LogP contribution in [0.15, 0.2) is 36.5 Å². The summed E-state index contributed by atoms with van der Waals surface area (Å²) in [6, 6.07) is 10.2. The molecule has 0 radical (unpaired) electrons. The molecule has 2 aromatic heterocycles. The van der Waals surface area contributed by atoms with Gasteiger partial charge in [-0.1, -0.05) is 0 Å². The van der Waals surface area contributed by atoms with E-state index in [0.717, 1.165) is 18.7 Å². The molecule has 0 aliphatic carbocycles. The number of rotatable bonds is 4. The van der Waals surface area contributed by atoms with Gasteiger partial charge in [-0.3, -0.25) is 4.68 Å². The van der Waals surface area contributed by atoms with Gasteiger partial charge in [0.15, 0.2) is 0 Å². The number of hydrogen-bond donors (Lipinski definition) is 1. The predicted molar refractivity (Wildman–Crippen MR) is 90.7 cm³/mol. The first kappa shape index (κ1) is 15.4. The molecule has 3 heterocycles. The lowest BCUT2D eigenvalue weighted by Crippen LogP contribution is -2.11. The van der Waals surface area contributed by atoms with Crippen molar-refractivity contribution in [2.75, 3.05) is 5.32 Å². The van der Waals surface area contributed by atoms with E-state index in [2.05, 4.69) is 26.3 Å². The molecule has 0 amide bonds. The number of aryl methyl sites for hydroxylation is 2. The number of nitrogens with zero attached hydrogens (tertiary/aromatic N) is 5. The van der Waals surface area contributed by atoms with Gasteiger partial charge in [0, 0.05) is 24.5 Å². The molecule has 6 nitrogen and oxygen atoms in total. The van der Waals surface area contributed by atoms with Gasteiger partial charge in [-0.15, -0.1) is 0 Å². The fourth-order valence-corrected chi connectivity index (χ4v) is 3.06. The zero-order valence-corrected chi connectivity index (χ0v) is 13.6. The minimum absolute atomic E-state index is 0.288. The maximum absolute atomic E-state index is 14.1. The normalized spacial score (nSPS) is 13.3. The van der Waals surface area contributed by atoms with E-state index in [1.54, 1.807) is 24.4 Å². The van der Waals surface area contributed by atoms with Crippen LogP contribution in [0.5, 0.6) is 0 Å². The van der Waals surface area contributed by atoms with E-state index in [9.17, 15) is 4.39 Å². The maximum atomic E-state index is 14.1. The molecular weight excluding hydrogens is 319 g/mol. The van der Waals surface area contributed by atoms with Crippen molar-refractivity contribution >= 4 is 5.82 Å². The highest BCUT2D eigenvalue weighted by Gasteiger charge is 2.12. The van der Waals surface area contributed by atoms with Crippen molar-refractivity contribution in [1.82, 2.24) is 19.6 Å². The van der Waals surface area contributed by atoms with Crippen molar-refractivity contribution in [3.63, 3.8) is 0 Å². The van der Waals surface area contributed by atoms with Crippen LogP contribution < -0.4 is 5.32 Å². The summed E-state index contributed by atoms with van der Waals surface area (Å²) >= 11 is 0. The first-order valence-corrected chi connectivity index (χ1v) is 8.28. The Labute approximate surface area is 144 Å². The lowest BCUT2D eigenvalue weighted by Gasteiger charge is -2.11. The van der Waals surface area contributed by atoms with E-state index in [-0.39, 0.29) is 5.56 Å². The number of nitrogens with one attached hydrogen (secondary N) is 1. The van der Waals surface area contributed by atoms with Crippen molar-refractivity contribution in [2.45, 2.75) is 32.4 Å². The van der Waals surface area contributed by atoms with Gasteiger partial charge >= 0.3 is 0 Å². The molecule has 0 atom stereocenters. The summed E-state index contributed by atoms with van der Waals surface area (Å²) in [6.45, 7) is 1.56. The Morgan fingerprint density at radius 2 is 2.12 bits per heavy atom. The molecule has 0 unspecified atom stereocenters. The van der Waals surface area contributed by atoms with Crippen LogP contribution >= 0.6 is 0 Å². The minimum atomic E-state index is -0.476. The van der Waals surface area contributed by atoms with E-state index < -0.39 is 5.82 Å². The van der Waals surface area contributed by atoms with Gasteiger partial charge in [0.2, 0.25) is 0 Å². The lowest BCUT2D eigenvalue weighted by atomic mass is 10.1. The summed E-state index contributed by atoms with van der Waals surface area (Å²) in [6.07, 6.45) is 5.17. The Morgan fingerprint density at radius 1 is 1.20 bits per heavy atom. The third-order valence-corrected chi connectivity index (χ3v) is 4.33. The number of benzene rings is 1. The first-order valence-electron chi connectivity index (χ1n) is 8.28. The molecule has 4 rings (SSSR count). The predicted octanol–water partition coefficient (Wildman–Crippen LogP) is 3.03. The fourth-order valence-electron chi connectivity index (χ4n) is 3.06.